The zero-order valence-electron chi connectivity index (χ0n) is 6.73. The van der Waals surface area contributed by atoms with Gasteiger partial charge in [-0.25, -0.2) is 4.98 Å². The lowest BCUT2D eigenvalue weighted by Crippen LogP contribution is -1.85. The van der Waals surface area contributed by atoms with E-state index in [-0.39, 0.29) is 6.29 Å². The Hall–Kier alpha value is -1.71. The highest BCUT2D eigenvalue weighted by Crippen LogP contribution is 1.89. The monoisotopic (exact) mass is 166 g/mol. The highest BCUT2D eigenvalue weighted by molar-refractivity contribution is 6.23. The maximum Gasteiger partial charge on any atom is 0.192 e. The first-order chi connectivity index (χ1) is 5.66. The number of nitrogens with zero attached hydrogens (tertiary/aromatic N) is 1. The summed E-state index contributed by atoms with van der Waals surface area (Å²) >= 11 is 0. The molecule has 0 aliphatic carbocycles. The molecule has 0 fully saturated rings. The molecule has 1 rings (SSSR count). The molecule has 0 spiro atoms. The minimum atomic E-state index is -0.426. The van der Waals surface area contributed by atoms with Crippen molar-refractivity contribution in [3.05, 3.63) is 24.4 Å². The molecule has 0 saturated carbocycles. The number of rotatable bonds is 1. The lowest BCUT2D eigenvalue weighted by Gasteiger charge is -1.82. The molecule has 1 heterocycles. The van der Waals surface area contributed by atoms with E-state index >= 15 is 0 Å². The Balaban J connectivity index is 0.000000217. The number of nitrogen functional groups attached to an aromatic ring is 1. The molecule has 0 amide bonds. The van der Waals surface area contributed by atoms with E-state index in [4.69, 9.17) is 10.5 Å². The highest BCUT2D eigenvalue weighted by Gasteiger charge is 1.76. The van der Waals surface area contributed by atoms with E-state index in [0.29, 0.717) is 5.82 Å². The average molecular weight is 166 g/mol. The van der Waals surface area contributed by atoms with Crippen LogP contribution in [-0.2, 0) is 9.59 Å². The van der Waals surface area contributed by atoms with Crippen LogP contribution in [0.1, 0.15) is 6.92 Å². The van der Waals surface area contributed by atoms with Crippen LogP contribution in [0.25, 0.3) is 0 Å². The van der Waals surface area contributed by atoms with Crippen molar-refractivity contribution in [2.24, 2.45) is 0 Å². The van der Waals surface area contributed by atoms with Crippen molar-refractivity contribution in [1.82, 2.24) is 4.98 Å². The van der Waals surface area contributed by atoms with Crippen LogP contribution in [0.2, 0.25) is 0 Å². The van der Waals surface area contributed by atoms with Gasteiger partial charge in [-0.15, -0.1) is 0 Å². The molecular formula is C8H10N2O2. The maximum absolute atomic E-state index is 9.44. The molecule has 4 heteroatoms. The van der Waals surface area contributed by atoms with Gasteiger partial charge in [0.05, 0.1) is 0 Å². The normalized spacial score (nSPS) is 7.75. The second-order valence-corrected chi connectivity index (χ2v) is 1.98. The molecule has 1 aromatic heterocycles. The van der Waals surface area contributed by atoms with Crippen LogP contribution in [0.3, 0.4) is 0 Å². The van der Waals surface area contributed by atoms with Gasteiger partial charge in [0.1, 0.15) is 5.82 Å². The van der Waals surface area contributed by atoms with E-state index in [9.17, 15) is 4.79 Å². The number of ketones is 1. The lowest BCUT2D eigenvalue weighted by molar-refractivity contribution is -0.128. The number of aldehydes is 1. The summed E-state index contributed by atoms with van der Waals surface area (Å²) in [5.74, 6) is 0.146. The van der Waals surface area contributed by atoms with Crippen molar-refractivity contribution < 1.29 is 9.59 Å². The summed E-state index contributed by atoms with van der Waals surface area (Å²) in [6.45, 7) is 1.22. The number of carbonyl (C=O) groups is 2. The largest absolute Gasteiger partial charge is 0.384 e. The molecule has 1 aromatic rings. The topological polar surface area (TPSA) is 73.0 Å². The third-order valence-electron chi connectivity index (χ3n) is 0.854. The fourth-order valence-electron chi connectivity index (χ4n) is 0.376. The van der Waals surface area contributed by atoms with E-state index in [0.717, 1.165) is 0 Å². The summed E-state index contributed by atoms with van der Waals surface area (Å²) in [4.78, 5) is 22.4. The molecular weight excluding hydrogens is 156 g/mol. The van der Waals surface area contributed by atoms with Crippen LogP contribution in [0.5, 0.6) is 0 Å². The van der Waals surface area contributed by atoms with E-state index < -0.39 is 5.78 Å². The highest BCUT2D eigenvalue weighted by atomic mass is 16.2. The molecule has 4 nitrogen and oxygen atoms in total. The third kappa shape index (κ3) is 6.41. The molecule has 0 bridgehead atoms. The zero-order chi connectivity index (χ0) is 9.40. The second kappa shape index (κ2) is 6.03. The number of anilines is 1. The quantitative estimate of drug-likeness (QED) is 0.485. The van der Waals surface area contributed by atoms with Gasteiger partial charge in [-0.05, 0) is 12.1 Å². The van der Waals surface area contributed by atoms with Crippen LogP contribution in [-0.4, -0.2) is 17.1 Å². The molecule has 0 aliphatic heterocycles. The first-order valence-corrected chi connectivity index (χ1v) is 3.29. The van der Waals surface area contributed by atoms with Crippen LogP contribution in [0, 0.1) is 0 Å². The predicted octanol–water partition coefficient (Wildman–Crippen LogP) is 0.438. The standard InChI is InChI=1S/C5H6N2.C3H4O2/c6-5-3-1-2-4-7-5;1-3(5)2-4/h1-4H,(H2,6,7);2H,1H3. The molecule has 0 atom stereocenters. The number of aromatic nitrogens is 1. The first kappa shape index (κ1) is 10.3. The van der Waals surface area contributed by atoms with Gasteiger partial charge in [0, 0.05) is 13.1 Å². The van der Waals surface area contributed by atoms with E-state index in [1.165, 1.54) is 6.92 Å². The number of hydrogen-bond acceptors (Lipinski definition) is 4. The van der Waals surface area contributed by atoms with Crippen LogP contribution < -0.4 is 5.73 Å². The molecule has 2 N–H and O–H groups in total. The Morgan fingerprint density at radius 2 is 2.17 bits per heavy atom. The van der Waals surface area contributed by atoms with Crippen molar-refractivity contribution in [3.8, 4) is 0 Å². The molecule has 64 valence electrons. The summed E-state index contributed by atoms with van der Waals surface area (Å²) in [5.41, 5.74) is 5.25. The maximum atomic E-state index is 9.44. The smallest absolute Gasteiger partial charge is 0.192 e. The fourth-order valence-corrected chi connectivity index (χ4v) is 0.376. The second-order valence-electron chi connectivity index (χ2n) is 1.98. The Labute approximate surface area is 70.4 Å². The van der Waals surface area contributed by atoms with Gasteiger partial charge in [0.25, 0.3) is 0 Å². The van der Waals surface area contributed by atoms with Crippen molar-refractivity contribution >= 4 is 17.9 Å². The van der Waals surface area contributed by atoms with Gasteiger partial charge in [-0.3, -0.25) is 9.59 Å². The van der Waals surface area contributed by atoms with Crippen molar-refractivity contribution in [3.63, 3.8) is 0 Å². The molecule has 12 heavy (non-hydrogen) atoms. The molecule has 0 aromatic carbocycles. The van der Waals surface area contributed by atoms with Gasteiger partial charge >= 0.3 is 0 Å². The lowest BCUT2D eigenvalue weighted by atomic mass is 10.5. The first-order valence-electron chi connectivity index (χ1n) is 3.29. The summed E-state index contributed by atoms with van der Waals surface area (Å²) in [6, 6.07) is 5.43. The van der Waals surface area contributed by atoms with Gasteiger partial charge < -0.3 is 5.73 Å². The van der Waals surface area contributed by atoms with Gasteiger partial charge in [-0.1, -0.05) is 6.07 Å². The van der Waals surface area contributed by atoms with E-state index in [1.54, 1.807) is 12.3 Å². The Bertz CT molecular complexity index is 246. The van der Waals surface area contributed by atoms with E-state index in [1.807, 2.05) is 12.1 Å². The molecule has 0 saturated heterocycles. The SMILES string of the molecule is CC(=O)C=O.Nc1ccccn1. The van der Waals surface area contributed by atoms with Gasteiger partial charge in [0.15, 0.2) is 12.1 Å². The Kier molecular flexibility index (Phi) is 5.17. The molecule has 0 radical (unpaired) electrons. The predicted molar refractivity (Wildman–Crippen MR) is 45.4 cm³/mol. The van der Waals surface area contributed by atoms with Gasteiger partial charge in [0.2, 0.25) is 0 Å². The minimum Gasteiger partial charge on any atom is -0.384 e. The number of hydrogen-bond donors (Lipinski definition) is 1. The van der Waals surface area contributed by atoms with E-state index in [2.05, 4.69) is 4.98 Å². The Morgan fingerprint density at radius 1 is 1.58 bits per heavy atom. The summed E-state index contributed by atoms with van der Waals surface area (Å²) in [7, 11) is 0. The molecule has 0 unspecified atom stereocenters. The molecule has 0 aliphatic rings. The van der Waals surface area contributed by atoms with Crippen LogP contribution in [0.4, 0.5) is 5.82 Å². The van der Waals surface area contributed by atoms with Crippen molar-refractivity contribution in [2.75, 3.05) is 5.73 Å². The minimum absolute atomic E-state index is 0.278. The summed E-state index contributed by atoms with van der Waals surface area (Å²) < 4.78 is 0. The fraction of sp³-hybridized carbons (Fsp3) is 0.125. The van der Waals surface area contributed by atoms with Gasteiger partial charge in [-0.2, -0.15) is 0 Å². The average Bonchev–Trinajstić information content (AvgIpc) is 2.07. The van der Waals surface area contributed by atoms with Crippen molar-refractivity contribution in [1.29, 1.82) is 0 Å². The third-order valence-corrected chi connectivity index (χ3v) is 0.854. The van der Waals surface area contributed by atoms with Crippen molar-refractivity contribution in [2.45, 2.75) is 6.92 Å². The number of nitrogens with two attached hydrogens (primary N) is 1. The number of pyridine rings is 1. The summed E-state index contributed by atoms with van der Waals surface area (Å²) in [6.07, 6.45) is 1.94. The zero-order valence-corrected chi connectivity index (χ0v) is 6.73. The Morgan fingerprint density at radius 3 is 2.33 bits per heavy atom. The van der Waals surface area contributed by atoms with Crippen LogP contribution >= 0.6 is 0 Å². The number of Topliss-reactive ketones (excluding diaryl/α,β-unsaturated/α-hetero) is 1. The summed E-state index contributed by atoms with van der Waals surface area (Å²) in [5, 5.41) is 0. The number of carbonyl (C=O) groups excluding carboxylic acids is 2. The van der Waals surface area contributed by atoms with Crippen LogP contribution in [0.15, 0.2) is 24.4 Å².